The van der Waals surface area contributed by atoms with E-state index in [0.717, 1.165) is 4.90 Å². The number of hydrogen-bond donors (Lipinski definition) is 3. The number of hydrogen-bond acceptors (Lipinski definition) is 4. The zero-order valence-electron chi connectivity index (χ0n) is 10.7. The highest BCUT2D eigenvalue weighted by atomic mass is 32.2. The van der Waals surface area contributed by atoms with E-state index < -0.39 is 31.0 Å². The summed E-state index contributed by atoms with van der Waals surface area (Å²) in [6.07, 6.45) is 1.91. The van der Waals surface area contributed by atoms with Crippen molar-refractivity contribution in [1.29, 1.82) is 0 Å². The highest BCUT2D eigenvalue weighted by Crippen LogP contribution is 2.19. The molecule has 4 N–H and O–H groups in total. The van der Waals surface area contributed by atoms with Crippen molar-refractivity contribution in [3.8, 4) is 0 Å². The monoisotopic (exact) mass is 277 g/mol. The van der Waals surface area contributed by atoms with E-state index >= 15 is 0 Å². The van der Waals surface area contributed by atoms with Gasteiger partial charge in [0.05, 0.1) is 0 Å². The Hall–Kier alpha value is -1.44. The van der Waals surface area contributed by atoms with Gasteiger partial charge in [-0.3, -0.25) is 9.59 Å². The van der Waals surface area contributed by atoms with Crippen LogP contribution in [0.15, 0.2) is 0 Å². The summed E-state index contributed by atoms with van der Waals surface area (Å²) >= 11 is 1.57. The van der Waals surface area contributed by atoms with E-state index in [1.54, 1.807) is 11.8 Å². The van der Waals surface area contributed by atoms with Crippen LogP contribution in [0.25, 0.3) is 0 Å². The van der Waals surface area contributed by atoms with Gasteiger partial charge in [-0.15, -0.1) is 0 Å². The van der Waals surface area contributed by atoms with Crippen LogP contribution >= 0.6 is 11.8 Å². The van der Waals surface area contributed by atoms with Crippen LogP contribution in [-0.4, -0.2) is 58.6 Å². The Morgan fingerprint density at radius 3 is 2.28 bits per heavy atom. The normalized spacial score (nSPS) is 10.8. The van der Waals surface area contributed by atoms with Crippen LogP contribution < -0.4 is 11.1 Å². The third kappa shape index (κ3) is 7.00. The molecule has 0 saturated carbocycles. The molecule has 0 bridgehead atoms. The lowest BCUT2D eigenvalue weighted by molar-refractivity contribution is -0.137. The molecule has 0 saturated heterocycles. The molecule has 0 heterocycles. The molecule has 0 unspecified atom stereocenters. The maximum Gasteiger partial charge on any atom is 0.323 e. The molecule has 0 aliphatic carbocycles. The Bertz CT molecular complexity index is 317. The number of nitrogens with one attached hydrogen (secondary N) is 1. The number of thioether (sulfide) groups is 1. The van der Waals surface area contributed by atoms with Gasteiger partial charge in [0.25, 0.3) is 0 Å². The van der Waals surface area contributed by atoms with Crippen molar-refractivity contribution in [3.05, 3.63) is 0 Å². The molecule has 0 radical (unpaired) electrons. The summed E-state index contributed by atoms with van der Waals surface area (Å²) in [4.78, 5) is 33.9. The van der Waals surface area contributed by atoms with Crippen LogP contribution in [0.1, 0.15) is 13.8 Å². The van der Waals surface area contributed by atoms with Crippen LogP contribution in [0.2, 0.25) is 0 Å². The van der Waals surface area contributed by atoms with Crippen molar-refractivity contribution in [2.45, 2.75) is 18.6 Å². The first-order chi connectivity index (χ1) is 8.18. The third-order valence-electron chi connectivity index (χ3n) is 2.18. The molecule has 0 aliphatic rings. The molecule has 3 amide bonds. The molecule has 0 atom stereocenters. The number of amides is 3. The van der Waals surface area contributed by atoms with Gasteiger partial charge in [0.2, 0.25) is 5.91 Å². The maximum absolute atomic E-state index is 11.7. The summed E-state index contributed by atoms with van der Waals surface area (Å²) in [5.74, 6) is -1.95. The van der Waals surface area contributed by atoms with Gasteiger partial charge in [0, 0.05) is 11.3 Å². The third-order valence-corrected chi connectivity index (χ3v) is 3.43. The highest BCUT2D eigenvalue weighted by Gasteiger charge is 2.22. The Morgan fingerprint density at radius 2 is 1.89 bits per heavy atom. The van der Waals surface area contributed by atoms with Crippen LogP contribution in [0, 0.1) is 0 Å². The lowest BCUT2D eigenvalue weighted by atomic mass is 10.2. The van der Waals surface area contributed by atoms with Gasteiger partial charge in [-0.2, -0.15) is 11.8 Å². The predicted molar refractivity (Wildman–Crippen MR) is 69.4 cm³/mol. The van der Waals surface area contributed by atoms with Gasteiger partial charge in [-0.1, -0.05) is 0 Å². The van der Waals surface area contributed by atoms with Crippen LogP contribution in [0.3, 0.4) is 0 Å². The van der Waals surface area contributed by atoms with Crippen molar-refractivity contribution in [2.24, 2.45) is 5.73 Å². The number of rotatable bonds is 7. The Morgan fingerprint density at radius 1 is 1.33 bits per heavy atom. The van der Waals surface area contributed by atoms with Gasteiger partial charge in [0.1, 0.15) is 13.1 Å². The molecular weight excluding hydrogens is 258 g/mol. The van der Waals surface area contributed by atoms with Gasteiger partial charge in [0.15, 0.2) is 0 Å². The standard InChI is InChI=1S/C10H19N3O4S/c1-10(2,18-3)6-12-9(17)13(4-7(11)14)5-8(15)16/h4-6H2,1-3H3,(H2,11,14)(H,12,17)(H,15,16). The van der Waals surface area contributed by atoms with Gasteiger partial charge in [-0.25, -0.2) is 4.79 Å². The summed E-state index contributed by atoms with van der Waals surface area (Å²) in [5.41, 5.74) is 4.96. The molecule has 0 aromatic rings. The Labute approximate surface area is 110 Å². The number of aliphatic carboxylic acids is 1. The second-order valence-electron chi connectivity index (χ2n) is 4.34. The van der Waals surface area contributed by atoms with Crippen molar-refractivity contribution >= 4 is 29.7 Å². The fraction of sp³-hybridized carbons (Fsp3) is 0.700. The van der Waals surface area contributed by atoms with E-state index in [0.29, 0.717) is 6.54 Å². The second kappa shape index (κ2) is 7.10. The lowest BCUT2D eigenvalue weighted by Gasteiger charge is -2.25. The minimum absolute atomic E-state index is 0.169. The number of nitrogens with two attached hydrogens (primary N) is 1. The van der Waals surface area contributed by atoms with Crippen LogP contribution in [0.5, 0.6) is 0 Å². The number of carbonyl (C=O) groups excluding carboxylic acids is 2. The number of primary amides is 1. The molecule has 0 spiro atoms. The molecule has 0 rings (SSSR count). The quantitative estimate of drug-likeness (QED) is 0.592. The van der Waals surface area contributed by atoms with Crippen LogP contribution in [-0.2, 0) is 9.59 Å². The van der Waals surface area contributed by atoms with E-state index in [1.165, 1.54) is 0 Å². The van der Waals surface area contributed by atoms with Crippen molar-refractivity contribution in [1.82, 2.24) is 10.2 Å². The van der Waals surface area contributed by atoms with E-state index in [2.05, 4.69) is 5.32 Å². The average molecular weight is 277 g/mol. The van der Waals surface area contributed by atoms with E-state index in [9.17, 15) is 14.4 Å². The predicted octanol–water partition coefficient (Wildman–Crippen LogP) is -0.290. The summed E-state index contributed by atoms with van der Waals surface area (Å²) in [6.45, 7) is 3.26. The van der Waals surface area contributed by atoms with Gasteiger partial charge < -0.3 is 21.1 Å². The maximum atomic E-state index is 11.7. The average Bonchev–Trinajstić information content (AvgIpc) is 2.24. The van der Waals surface area contributed by atoms with Crippen molar-refractivity contribution in [2.75, 3.05) is 25.9 Å². The summed E-state index contributed by atoms with van der Waals surface area (Å²) < 4.78 is -0.169. The molecule has 18 heavy (non-hydrogen) atoms. The van der Waals surface area contributed by atoms with Crippen molar-refractivity contribution < 1.29 is 19.5 Å². The Balaban J connectivity index is 4.46. The smallest absolute Gasteiger partial charge is 0.323 e. The number of urea groups is 1. The molecule has 0 aromatic heterocycles. The largest absolute Gasteiger partial charge is 0.480 e. The lowest BCUT2D eigenvalue weighted by Crippen LogP contribution is -2.49. The van der Waals surface area contributed by atoms with Gasteiger partial charge >= 0.3 is 12.0 Å². The zero-order chi connectivity index (χ0) is 14.3. The summed E-state index contributed by atoms with van der Waals surface area (Å²) in [5, 5.41) is 11.2. The summed E-state index contributed by atoms with van der Waals surface area (Å²) in [7, 11) is 0. The topological polar surface area (TPSA) is 113 Å². The fourth-order valence-electron chi connectivity index (χ4n) is 1.02. The second-order valence-corrected chi connectivity index (χ2v) is 5.85. The molecular formula is C10H19N3O4S. The molecule has 0 aliphatic heterocycles. The van der Waals surface area contributed by atoms with Crippen LogP contribution in [0.4, 0.5) is 4.79 Å². The first-order valence-corrected chi connectivity index (χ1v) is 6.48. The molecule has 7 nitrogen and oxygen atoms in total. The van der Waals surface area contributed by atoms with E-state index in [4.69, 9.17) is 10.8 Å². The summed E-state index contributed by atoms with van der Waals surface area (Å²) in [6, 6.07) is -0.613. The minimum Gasteiger partial charge on any atom is -0.480 e. The molecule has 8 heteroatoms. The minimum atomic E-state index is -1.20. The highest BCUT2D eigenvalue weighted by molar-refractivity contribution is 7.99. The SMILES string of the molecule is CSC(C)(C)CNC(=O)N(CC(N)=O)CC(=O)O. The van der Waals surface area contributed by atoms with E-state index in [1.807, 2.05) is 20.1 Å². The van der Waals surface area contributed by atoms with Gasteiger partial charge in [-0.05, 0) is 20.1 Å². The molecule has 0 aromatic carbocycles. The first kappa shape index (κ1) is 16.6. The zero-order valence-corrected chi connectivity index (χ0v) is 11.5. The Kier molecular flexibility index (Phi) is 6.53. The molecule has 104 valence electrons. The number of carboxylic acid groups (broad SMARTS) is 1. The number of carboxylic acids is 1. The fourth-order valence-corrected chi connectivity index (χ4v) is 1.24. The number of carbonyl (C=O) groups is 3. The number of nitrogens with zero attached hydrogens (tertiary/aromatic N) is 1. The molecule has 0 fully saturated rings. The van der Waals surface area contributed by atoms with Crippen molar-refractivity contribution in [3.63, 3.8) is 0 Å². The first-order valence-electron chi connectivity index (χ1n) is 5.26. The van der Waals surface area contributed by atoms with E-state index in [-0.39, 0.29) is 4.75 Å².